The Labute approximate surface area is 153 Å². The number of hydrazone groups is 1. The molecule has 0 amide bonds. The Morgan fingerprint density at radius 1 is 1.21 bits per heavy atom. The number of halogens is 2. The van der Waals surface area contributed by atoms with Gasteiger partial charge in [-0.25, -0.2) is 4.98 Å². The molecule has 0 radical (unpaired) electrons. The highest BCUT2D eigenvalue weighted by atomic mass is 35.5. The van der Waals surface area contributed by atoms with Crippen LogP contribution in [0.25, 0.3) is 11.1 Å². The van der Waals surface area contributed by atoms with Crippen LogP contribution in [-0.2, 0) is 5.75 Å². The van der Waals surface area contributed by atoms with Gasteiger partial charge in [0.15, 0.2) is 5.58 Å². The SMILES string of the molecule is Clc1cc(Cl)c2oc(CSc3ccccc3N3CCC=N3)nc2c1. The van der Waals surface area contributed by atoms with E-state index in [1.165, 1.54) is 0 Å². The molecule has 0 N–H and O–H groups in total. The molecular weight excluding hydrogens is 365 g/mol. The minimum Gasteiger partial charge on any atom is -0.438 e. The molecule has 2 aromatic carbocycles. The highest BCUT2D eigenvalue weighted by Gasteiger charge is 2.15. The van der Waals surface area contributed by atoms with Crippen molar-refractivity contribution in [3.8, 4) is 0 Å². The van der Waals surface area contributed by atoms with Crippen molar-refractivity contribution in [3.05, 3.63) is 52.3 Å². The minimum atomic E-state index is 0.480. The fourth-order valence-corrected chi connectivity index (χ4v) is 4.00. The molecule has 1 aliphatic heterocycles. The van der Waals surface area contributed by atoms with Crippen LogP contribution in [0, 0.1) is 0 Å². The Balaban J connectivity index is 1.57. The monoisotopic (exact) mass is 377 g/mol. The van der Waals surface area contributed by atoms with Crippen LogP contribution < -0.4 is 5.01 Å². The van der Waals surface area contributed by atoms with E-state index in [0.29, 0.717) is 32.8 Å². The Bertz CT molecular complexity index is 925. The fraction of sp³-hybridized carbons (Fsp3) is 0.176. The van der Waals surface area contributed by atoms with Gasteiger partial charge in [0.05, 0.1) is 16.5 Å². The number of oxazole rings is 1. The van der Waals surface area contributed by atoms with E-state index in [9.17, 15) is 0 Å². The maximum Gasteiger partial charge on any atom is 0.205 e. The molecule has 0 unspecified atom stereocenters. The van der Waals surface area contributed by atoms with Gasteiger partial charge >= 0.3 is 0 Å². The molecule has 122 valence electrons. The van der Waals surface area contributed by atoms with E-state index in [1.54, 1.807) is 23.9 Å². The van der Waals surface area contributed by atoms with E-state index >= 15 is 0 Å². The largest absolute Gasteiger partial charge is 0.438 e. The molecule has 2 heterocycles. The summed E-state index contributed by atoms with van der Waals surface area (Å²) in [7, 11) is 0. The third-order valence-corrected chi connectivity index (χ3v) is 5.19. The van der Waals surface area contributed by atoms with E-state index < -0.39 is 0 Å². The van der Waals surface area contributed by atoms with Gasteiger partial charge in [-0.3, -0.25) is 5.01 Å². The maximum atomic E-state index is 6.16. The summed E-state index contributed by atoms with van der Waals surface area (Å²) < 4.78 is 5.78. The number of hydrogen-bond acceptors (Lipinski definition) is 5. The first-order valence-corrected chi connectivity index (χ1v) is 9.21. The Kier molecular flexibility index (Phi) is 4.39. The smallest absolute Gasteiger partial charge is 0.205 e. The predicted molar refractivity (Wildman–Crippen MR) is 100 cm³/mol. The van der Waals surface area contributed by atoms with Crippen molar-refractivity contribution in [1.29, 1.82) is 0 Å². The van der Waals surface area contributed by atoms with Crippen LogP contribution in [0.15, 0.2) is 50.8 Å². The predicted octanol–water partition coefficient (Wildman–Crippen LogP) is 5.62. The summed E-state index contributed by atoms with van der Waals surface area (Å²) in [4.78, 5) is 5.62. The molecular formula is C17H13Cl2N3OS. The zero-order valence-corrected chi connectivity index (χ0v) is 14.9. The Hall–Kier alpha value is -1.69. The molecule has 3 aromatic rings. The van der Waals surface area contributed by atoms with Gasteiger partial charge in [-0.05, 0) is 24.3 Å². The van der Waals surface area contributed by atoms with Gasteiger partial charge in [0.1, 0.15) is 5.52 Å². The average Bonchev–Trinajstić information content (AvgIpc) is 3.22. The van der Waals surface area contributed by atoms with Crippen LogP contribution in [0.3, 0.4) is 0 Å². The lowest BCUT2D eigenvalue weighted by atomic mass is 10.3. The molecule has 0 spiro atoms. The maximum absolute atomic E-state index is 6.16. The van der Waals surface area contributed by atoms with Crippen LogP contribution in [0.5, 0.6) is 0 Å². The number of anilines is 1. The van der Waals surface area contributed by atoms with Crippen LogP contribution in [0.4, 0.5) is 5.69 Å². The molecule has 7 heteroatoms. The molecule has 4 nitrogen and oxygen atoms in total. The van der Waals surface area contributed by atoms with E-state index in [-0.39, 0.29) is 0 Å². The summed E-state index contributed by atoms with van der Waals surface area (Å²) in [5, 5.41) is 7.45. The molecule has 0 bridgehead atoms. The second-order valence-corrected chi connectivity index (χ2v) is 7.17. The molecule has 1 aliphatic rings. The number of para-hydroxylation sites is 1. The molecule has 0 saturated heterocycles. The van der Waals surface area contributed by atoms with Gasteiger partial charge in [-0.15, -0.1) is 11.8 Å². The van der Waals surface area contributed by atoms with Gasteiger partial charge in [-0.2, -0.15) is 5.10 Å². The molecule has 1 aromatic heterocycles. The van der Waals surface area contributed by atoms with Crippen LogP contribution in [-0.4, -0.2) is 17.7 Å². The topological polar surface area (TPSA) is 41.6 Å². The number of benzene rings is 2. The van der Waals surface area contributed by atoms with Gasteiger partial charge in [0.25, 0.3) is 0 Å². The summed E-state index contributed by atoms with van der Waals surface area (Å²) in [6, 6.07) is 11.6. The van der Waals surface area contributed by atoms with Gasteiger partial charge in [0, 0.05) is 29.1 Å². The molecule has 0 saturated carbocycles. The van der Waals surface area contributed by atoms with Crippen molar-refractivity contribution in [2.24, 2.45) is 5.10 Å². The molecule has 0 atom stereocenters. The van der Waals surface area contributed by atoms with Gasteiger partial charge in [-0.1, -0.05) is 35.3 Å². The first-order chi connectivity index (χ1) is 11.7. The lowest BCUT2D eigenvalue weighted by molar-refractivity contribution is 0.556. The van der Waals surface area contributed by atoms with Crippen molar-refractivity contribution in [2.45, 2.75) is 17.1 Å². The number of fused-ring (bicyclic) bond motifs is 1. The number of aromatic nitrogens is 1. The summed E-state index contributed by atoms with van der Waals surface area (Å²) in [5.41, 5.74) is 2.36. The zero-order valence-electron chi connectivity index (χ0n) is 12.6. The van der Waals surface area contributed by atoms with Crippen LogP contribution in [0.2, 0.25) is 10.0 Å². The van der Waals surface area contributed by atoms with Gasteiger partial charge < -0.3 is 4.42 Å². The standard InChI is InChI=1S/C17H13Cl2N3OS/c18-11-8-12(19)17-13(9-11)21-16(23-17)10-24-15-5-2-1-4-14(15)22-7-3-6-20-22/h1-2,4-6,8-9H,3,7,10H2. The number of hydrogen-bond donors (Lipinski definition) is 0. The summed E-state index contributed by atoms with van der Waals surface area (Å²) >= 11 is 13.8. The normalized spacial score (nSPS) is 14.0. The highest BCUT2D eigenvalue weighted by molar-refractivity contribution is 7.98. The second-order valence-electron chi connectivity index (χ2n) is 5.31. The first kappa shape index (κ1) is 15.8. The van der Waals surface area contributed by atoms with Crippen molar-refractivity contribution in [3.63, 3.8) is 0 Å². The Morgan fingerprint density at radius 2 is 2.08 bits per heavy atom. The van der Waals surface area contributed by atoms with E-state index in [2.05, 4.69) is 22.2 Å². The fourth-order valence-electron chi connectivity index (χ4n) is 2.58. The minimum absolute atomic E-state index is 0.480. The number of thioether (sulfide) groups is 1. The summed E-state index contributed by atoms with van der Waals surface area (Å²) in [6.45, 7) is 0.911. The molecule has 0 fully saturated rings. The van der Waals surface area contributed by atoms with Crippen molar-refractivity contribution < 1.29 is 4.42 Å². The molecule has 24 heavy (non-hydrogen) atoms. The van der Waals surface area contributed by atoms with Crippen molar-refractivity contribution in [2.75, 3.05) is 11.6 Å². The number of rotatable bonds is 4. The molecule has 4 rings (SSSR count). The highest BCUT2D eigenvalue weighted by Crippen LogP contribution is 2.35. The lowest BCUT2D eigenvalue weighted by Gasteiger charge is -2.17. The van der Waals surface area contributed by atoms with Crippen molar-refractivity contribution in [1.82, 2.24) is 4.98 Å². The van der Waals surface area contributed by atoms with E-state index in [4.69, 9.17) is 27.6 Å². The first-order valence-electron chi connectivity index (χ1n) is 7.47. The second kappa shape index (κ2) is 6.67. The average molecular weight is 378 g/mol. The Morgan fingerprint density at radius 3 is 2.92 bits per heavy atom. The number of nitrogens with zero attached hydrogens (tertiary/aromatic N) is 3. The van der Waals surface area contributed by atoms with E-state index in [0.717, 1.165) is 23.5 Å². The summed E-state index contributed by atoms with van der Waals surface area (Å²) in [5.74, 6) is 1.23. The van der Waals surface area contributed by atoms with E-state index in [1.807, 2.05) is 23.4 Å². The third kappa shape index (κ3) is 3.11. The quantitative estimate of drug-likeness (QED) is 0.553. The molecule has 0 aliphatic carbocycles. The van der Waals surface area contributed by atoms with Crippen molar-refractivity contribution >= 4 is 58.0 Å². The zero-order chi connectivity index (χ0) is 16.5. The lowest BCUT2D eigenvalue weighted by Crippen LogP contribution is -2.12. The third-order valence-electron chi connectivity index (χ3n) is 3.64. The van der Waals surface area contributed by atoms with Crippen LogP contribution in [0.1, 0.15) is 12.3 Å². The van der Waals surface area contributed by atoms with Crippen LogP contribution >= 0.6 is 35.0 Å². The summed E-state index contributed by atoms with van der Waals surface area (Å²) in [6.07, 6.45) is 2.91. The van der Waals surface area contributed by atoms with Gasteiger partial charge in [0.2, 0.25) is 5.89 Å².